The van der Waals surface area contributed by atoms with E-state index in [1.165, 1.54) is 13.2 Å². The predicted molar refractivity (Wildman–Crippen MR) is 83.4 cm³/mol. The molecular formula is C16H12BrNO4. The Balaban J connectivity index is 2.29. The van der Waals surface area contributed by atoms with Gasteiger partial charge in [0.2, 0.25) is 0 Å². The quantitative estimate of drug-likeness (QED) is 0.615. The number of methoxy groups -OCH3 is 2. The van der Waals surface area contributed by atoms with Crippen LogP contribution >= 0.6 is 15.9 Å². The molecule has 2 rings (SSSR count). The van der Waals surface area contributed by atoms with E-state index >= 15 is 0 Å². The van der Waals surface area contributed by atoms with Crippen LogP contribution in [0.2, 0.25) is 0 Å². The molecule has 0 radical (unpaired) electrons. The summed E-state index contributed by atoms with van der Waals surface area (Å²) in [6.45, 7) is 0. The summed E-state index contributed by atoms with van der Waals surface area (Å²) in [6.07, 6.45) is 0. The van der Waals surface area contributed by atoms with Gasteiger partial charge in [0.05, 0.1) is 35.9 Å². The Morgan fingerprint density at radius 3 is 2.36 bits per heavy atom. The van der Waals surface area contributed by atoms with Gasteiger partial charge in [-0.15, -0.1) is 0 Å². The lowest BCUT2D eigenvalue weighted by molar-refractivity contribution is 0.0728. The minimum absolute atomic E-state index is 0.224. The van der Waals surface area contributed by atoms with Crippen molar-refractivity contribution in [3.05, 3.63) is 52.0 Å². The van der Waals surface area contributed by atoms with Crippen LogP contribution in [0.5, 0.6) is 17.2 Å². The molecule has 0 saturated carbocycles. The highest BCUT2D eigenvalue weighted by molar-refractivity contribution is 9.10. The van der Waals surface area contributed by atoms with Gasteiger partial charge in [-0.3, -0.25) is 0 Å². The first-order valence-electron chi connectivity index (χ1n) is 6.23. The minimum Gasteiger partial charge on any atom is -0.497 e. The van der Waals surface area contributed by atoms with Gasteiger partial charge in [0.15, 0.2) is 11.5 Å². The maximum atomic E-state index is 12.2. The van der Waals surface area contributed by atoms with Gasteiger partial charge in [-0.2, -0.15) is 5.26 Å². The molecule has 0 aromatic heterocycles. The summed E-state index contributed by atoms with van der Waals surface area (Å²) in [5.41, 5.74) is 0.770. The van der Waals surface area contributed by atoms with E-state index in [1.807, 2.05) is 6.07 Å². The highest BCUT2D eigenvalue weighted by Crippen LogP contribution is 2.37. The van der Waals surface area contributed by atoms with Gasteiger partial charge in [0.25, 0.3) is 0 Å². The number of hydrogen-bond donors (Lipinski definition) is 0. The highest BCUT2D eigenvalue weighted by atomic mass is 79.9. The monoisotopic (exact) mass is 361 g/mol. The first-order valence-corrected chi connectivity index (χ1v) is 7.02. The maximum absolute atomic E-state index is 12.2. The van der Waals surface area contributed by atoms with Gasteiger partial charge in [0, 0.05) is 6.07 Å². The first-order chi connectivity index (χ1) is 10.6. The van der Waals surface area contributed by atoms with Gasteiger partial charge in [-0.25, -0.2) is 4.79 Å². The van der Waals surface area contributed by atoms with Crippen molar-refractivity contribution in [2.75, 3.05) is 14.2 Å². The summed E-state index contributed by atoms with van der Waals surface area (Å²) in [5, 5.41) is 8.94. The molecule has 0 amide bonds. The summed E-state index contributed by atoms with van der Waals surface area (Å²) >= 11 is 3.28. The summed E-state index contributed by atoms with van der Waals surface area (Å²) < 4.78 is 16.0. The number of ether oxygens (including phenoxy) is 3. The number of nitrogens with zero attached hydrogens (tertiary/aromatic N) is 1. The number of halogens is 1. The van der Waals surface area contributed by atoms with Crippen LogP contribution in [-0.4, -0.2) is 20.2 Å². The third-order valence-corrected chi connectivity index (χ3v) is 3.47. The molecule has 6 heteroatoms. The Kier molecular flexibility index (Phi) is 5.02. The van der Waals surface area contributed by atoms with Crippen LogP contribution in [0.3, 0.4) is 0 Å². The molecule has 0 unspecified atom stereocenters. The fourth-order valence-corrected chi connectivity index (χ4v) is 2.29. The van der Waals surface area contributed by atoms with E-state index in [-0.39, 0.29) is 5.75 Å². The number of esters is 1. The molecule has 2 aromatic carbocycles. The lowest BCUT2D eigenvalue weighted by Gasteiger charge is -2.11. The second kappa shape index (κ2) is 6.96. The van der Waals surface area contributed by atoms with Crippen molar-refractivity contribution in [2.24, 2.45) is 0 Å². The smallest absolute Gasteiger partial charge is 0.343 e. The Morgan fingerprint density at radius 2 is 1.82 bits per heavy atom. The van der Waals surface area contributed by atoms with Crippen LogP contribution in [0.4, 0.5) is 0 Å². The zero-order chi connectivity index (χ0) is 16.1. The van der Waals surface area contributed by atoms with Crippen molar-refractivity contribution < 1.29 is 19.0 Å². The van der Waals surface area contributed by atoms with Crippen molar-refractivity contribution in [3.63, 3.8) is 0 Å². The Bertz CT molecular complexity index is 735. The summed E-state index contributed by atoms with van der Waals surface area (Å²) in [6, 6.07) is 11.6. The lowest BCUT2D eigenvalue weighted by atomic mass is 10.2. The Hall–Kier alpha value is -2.52. The fraction of sp³-hybridized carbons (Fsp3) is 0.125. The van der Waals surface area contributed by atoms with Crippen LogP contribution in [-0.2, 0) is 0 Å². The van der Waals surface area contributed by atoms with Gasteiger partial charge in [-0.05, 0) is 46.3 Å². The van der Waals surface area contributed by atoms with E-state index in [9.17, 15) is 4.79 Å². The number of nitriles is 1. The summed E-state index contributed by atoms with van der Waals surface area (Å²) in [7, 11) is 2.99. The zero-order valence-corrected chi connectivity index (χ0v) is 13.5. The molecule has 0 heterocycles. The van der Waals surface area contributed by atoms with E-state index in [0.717, 1.165) is 0 Å². The fourth-order valence-electron chi connectivity index (χ4n) is 1.76. The molecule has 0 aliphatic heterocycles. The third kappa shape index (κ3) is 3.38. The third-order valence-electron chi connectivity index (χ3n) is 2.88. The molecule has 0 atom stereocenters. The van der Waals surface area contributed by atoms with Crippen LogP contribution in [0.15, 0.2) is 40.9 Å². The normalized spacial score (nSPS) is 9.73. The van der Waals surface area contributed by atoms with Gasteiger partial charge in [-0.1, -0.05) is 0 Å². The van der Waals surface area contributed by atoms with E-state index in [4.69, 9.17) is 19.5 Å². The Morgan fingerprint density at radius 1 is 1.14 bits per heavy atom. The molecule has 0 saturated heterocycles. The van der Waals surface area contributed by atoms with Crippen LogP contribution in [0, 0.1) is 11.3 Å². The molecule has 0 fully saturated rings. The van der Waals surface area contributed by atoms with Crippen molar-refractivity contribution >= 4 is 21.9 Å². The largest absolute Gasteiger partial charge is 0.497 e. The van der Waals surface area contributed by atoms with Crippen molar-refractivity contribution in [3.8, 4) is 23.3 Å². The predicted octanol–water partition coefficient (Wildman–Crippen LogP) is 3.56. The van der Waals surface area contributed by atoms with E-state index < -0.39 is 5.97 Å². The topological polar surface area (TPSA) is 68.5 Å². The summed E-state index contributed by atoms with van der Waals surface area (Å²) in [5.74, 6) is 0.634. The SMILES string of the molecule is COc1ccc(C(=O)Oc2c(Br)cc(C#N)cc2OC)cc1. The van der Waals surface area contributed by atoms with Crippen LogP contribution in [0.1, 0.15) is 15.9 Å². The molecule has 0 spiro atoms. The average Bonchev–Trinajstić information content (AvgIpc) is 2.56. The molecule has 0 bridgehead atoms. The number of rotatable bonds is 4. The number of carbonyl (C=O) groups is 1. The number of benzene rings is 2. The van der Waals surface area contributed by atoms with Crippen LogP contribution in [0.25, 0.3) is 0 Å². The first kappa shape index (κ1) is 15.9. The van der Waals surface area contributed by atoms with Gasteiger partial charge in [0.1, 0.15) is 5.75 Å². The molecular weight excluding hydrogens is 350 g/mol. The van der Waals surface area contributed by atoms with E-state index in [2.05, 4.69) is 15.9 Å². The molecule has 0 aliphatic rings. The molecule has 2 aromatic rings. The highest BCUT2D eigenvalue weighted by Gasteiger charge is 2.17. The zero-order valence-electron chi connectivity index (χ0n) is 11.9. The standard InChI is InChI=1S/C16H12BrNO4/c1-20-12-5-3-11(4-6-12)16(19)22-15-13(17)7-10(9-18)8-14(15)21-2/h3-8H,1-2H3. The molecule has 112 valence electrons. The Labute approximate surface area is 136 Å². The van der Waals surface area contributed by atoms with Crippen molar-refractivity contribution in [1.82, 2.24) is 0 Å². The minimum atomic E-state index is -0.536. The second-order valence-corrected chi connectivity index (χ2v) is 5.07. The number of carbonyl (C=O) groups excluding carboxylic acids is 1. The van der Waals surface area contributed by atoms with Crippen LogP contribution < -0.4 is 14.2 Å². The van der Waals surface area contributed by atoms with Gasteiger partial charge >= 0.3 is 5.97 Å². The van der Waals surface area contributed by atoms with Gasteiger partial charge < -0.3 is 14.2 Å². The number of hydrogen-bond acceptors (Lipinski definition) is 5. The second-order valence-electron chi connectivity index (χ2n) is 4.22. The molecule has 0 N–H and O–H groups in total. The van der Waals surface area contributed by atoms with Crippen molar-refractivity contribution in [2.45, 2.75) is 0 Å². The summed E-state index contributed by atoms with van der Waals surface area (Å²) in [4.78, 5) is 12.2. The molecule has 0 aliphatic carbocycles. The average molecular weight is 362 g/mol. The van der Waals surface area contributed by atoms with Crippen molar-refractivity contribution in [1.29, 1.82) is 5.26 Å². The maximum Gasteiger partial charge on any atom is 0.343 e. The van der Waals surface area contributed by atoms with E-state index in [1.54, 1.807) is 37.4 Å². The lowest BCUT2D eigenvalue weighted by Crippen LogP contribution is -2.09. The van der Waals surface area contributed by atoms with E-state index in [0.29, 0.717) is 27.1 Å². The molecule has 22 heavy (non-hydrogen) atoms. The molecule has 5 nitrogen and oxygen atoms in total.